The Kier molecular flexibility index (Phi) is 4.20. The van der Waals surface area contributed by atoms with E-state index in [1.54, 1.807) is 11.3 Å². The molecule has 0 radical (unpaired) electrons. The first-order valence-corrected chi connectivity index (χ1v) is 8.92. The standard InChI is InChI=1S/C20H15ClN2S/c21-16-10-8-14(9-11-16)13-22-17-5-3-4-15(12-17)20-23-18-6-1-2-7-19(18)24-20/h1-12,22H,13H2. The number of hydrogen-bond acceptors (Lipinski definition) is 3. The Balaban J connectivity index is 1.55. The van der Waals surface area contributed by atoms with Crippen molar-refractivity contribution >= 4 is 38.8 Å². The van der Waals surface area contributed by atoms with Crippen LogP contribution in [0.5, 0.6) is 0 Å². The van der Waals surface area contributed by atoms with Gasteiger partial charge in [0.05, 0.1) is 10.2 Å². The van der Waals surface area contributed by atoms with Crippen molar-refractivity contribution < 1.29 is 0 Å². The van der Waals surface area contributed by atoms with Gasteiger partial charge in [0.2, 0.25) is 0 Å². The molecule has 0 bridgehead atoms. The van der Waals surface area contributed by atoms with E-state index in [0.29, 0.717) is 0 Å². The third-order valence-electron chi connectivity index (χ3n) is 3.81. The van der Waals surface area contributed by atoms with Crippen molar-refractivity contribution in [3.05, 3.63) is 83.4 Å². The molecule has 0 aliphatic heterocycles. The summed E-state index contributed by atoms with van der Waals surface area (Å²) in [4.78, 5) is 4.73. The van der Waals surface area contributed by atoms with Gasteiger partial charge >= 0.3 is 0 Å². The molecule has 0 aliphatic rings. The molecule has 1 heterocycles. The van der Waals surface area contributed by atoms with Gasteiger partial charge in [-0.05, 0) is 42.0 Å². The summed E-state index contributed by atoms with van der Waals surface area (Å²) in [7, 11) is 0. The Bertz CT molecular complexity index is 943. The highest BCUT2D eigenvalue weighted by Crippen LogP contribution is 2.31. The molecule has 0 unspecified atom stereocenters. The number of para-hydroxylation sites is 1. The van der Waals surface area contributed by atoms with Crippen molar-refractivity contribution in [2.45, 2.75) is 6.54 Å². The molecular formula is C20H15ClN2S. The number of benzene rings is 3. The van der Waals surface area contributed by atoms with Crippen molar-refractivity contribution in [2.24, 2.45) is 0 Å². The maximum Gasteiger partial charge on any atom is 0.124 e. The number of thiazole rings is 1. The quantitative estimate of drug-likeness (QED) is 0.472. The van der Waals surface area contributed by atoms with Crippen molar-refractivity contribution in [1.29, 1.82) is 0 Å². The van der Waals surface area contributed by atoms with Crippen LogP contribution in [0.1, 0.15) is 5.56 Å². The Hall–Kier alpha value is -2.36. The summed E-state index contributed by atoms with van der Waals surface area (Å²) in [5, 5.41) is 5.27. The number of aromatic nitrogens is 1. The molecule has 0 amide bonds. The molecule has 0 spiro atoms. The molecule has 0 atom stereocenters. The highest BCUT2D eigenvalue weighted by Gasteiger charge is 2.06. The van der Waals surface area contributed by atoms with Crippen LogP contribution in [-0.2, 0) is 6.54 Å². The largest absolute Gasteiger partial charge is 0.381 e. The number of fused-ring (bicyclic) bond motifs is 1. The highest BCUT2D eigenvalue weighted by atomic mass is 35.5. The van der Waals surface area contributed by atoms with Gasteiger partial charge in [0.1, 0.15) is 5.01 Å². The first-order valence-electron chi connectivity index (χ1n) is 7.72. The Labute approximate surface area is 149 Å². The lowest BCUT2D eigenvalue weighted by Gasteiger charge is -2.08. The average Bonchev–Trinajstić information content (AvgIpc) is 3.06. The van der Waals surface area contributed by atoms with Gasteiger partial charge in [0, 0.05) is 22.8 Å². The lowest BCUT2D eigenvalue weighted by Crippen LogP contribution is -1.99. The van der Waals surface area contributed by atoms with E-state index in [2.05, 4.69) is 41.7 Å². The van der Waals surface area contributed by atoms with E-state index < -0.39 is 0 Å². The fraction of sp³-hybridized carbons (Fsp3) is 0.0500. The third-order valence-corrected chi connectivity index (χ3v) is 5.15. The van der Waals surface area contributed by atoms with E-state index in [9.17, 15) is 0 Å². The van der Waals surface area contributed by atoms with Crippen LogP contribution in [-0.4, -0.2) is 4.98 Å². The number of anilines is 1. The smallest absolute Gasteiger partial charge is 0.124 e. The van der Waals surface area contributed by atoms with Gasteiger partial charge in [-0.2, -0.15) is 0 Å². The number of nitrogens with zero attached hydrogens (tertiary/aromatic N) is 1. The summed E-state index contributed by atoms with van der Waals surface area (Å²) in [5.41, 5.74) is 4.47. The van der Waals surface area contributed by atoms with Crippen LogP contribution in [0.15, 0.2) is 72.8 Å². The zero-order valence-corrected chi connectivity index (χ0v) is 14.4. The summed E-state index contributed by atoms with van der Waals surface area (Å²) >= 11 is 7.65. The zero-order chi connectivity index (χ0) is 16.4. The number of halogens is 1. The molecule has 3 aromatic carbocycles. The first-order chi connectivity index (χ1) is 11.8. The average molecular weight is 351 g/mol. The molecule has 24 heavy (non-hydrogen) atoms. The minimum absolute atomic E-state index is 0.761. The third kappa shape index (κ3) is 3.28. The summed E-state index contributed by atoms with van der Waals surface area (Å²) in [6, 6.07) is 24.5. The SMILES string of the molecule is Clc1ccc(CNc2cccc(-c3nc4ccccc4s3)c2)cc1. The van der Waals surface area contributed by atoms with Crippen LogP contribution in [0.2, 0.25) is 5.02 Å². The minimum atomic E-state index is 0.761. The maximum atomic E-state index is 5.92. The van der Waals surface area contributed by atoms with Gasteiger partial charge in [-0.25, -0.2) is 4.98 Å². The van der Waals surface area contributed by atoms with E-state index in [1.807, 2.05) is 36.4 Å². The zero-order valence-electron chi connectivity index (χ0n) is 12.9. The fourth-order valence-electron chi connectivity index (χ4n) is 2.56. The van der Waals surface area contributed by atoms with Crippen molar-refractivity contribution in [1.82, 2.24) is 4.98 Å². The van der Waals surface area contributed by atoms with Crippen molar-refractivity contribution in [3.8, 4) is 10.6 Å². The second-order valence-electron chi connectivity index (χ2n) is 5.55. The van der Waals surface area contributed by atoms with Crippen LogP contribution < -0.4 is 5.32 Å². The van der Waals surface area contributed by atoms with Gasteiger partial charge in [0.25, 0.3) is 0 Å². The Morgan fingerprint density at radius 2 is 1.75 bits per heavy atom. The fourth-order valence-corrected chi connectivity index (χ4v) is 3.65. The van der Waals surface area contributed by atoms with Gasteiger partial charge in [-0.3, -0.25) is 0 Å². The number of rotatable bonds is 4. The van der Waals surface area contributed by atoms with Crippen LogP contribution in [0.25, 0.3) is 20.8 Å². The van der Waals surface area contributed by atoms with Gasteiger partial charge in [-0.1, -0.05) is 48.0 Å². The van der Waals surface area contributed by atoms with E-state index >= 15 is 0 Å². The molecule has 1 aromatic heterocycles. The van der Waals surface area contributed by atoms with Gasteiger partial charge in [0.15, 0.2) is 0 Å². The molecule has 118 valence electrons. The maximum absolute atomic E-state index is 5.92. The number of nitrogens with one attached hydrogen (secondary N) is 1. The second kappa shape index (κ2) is 6.63. The molecule has 4 heteroatoms. The molecule has 1 N–H and O–H groups in total. The molecule has 0 aliphatic carbocycles. The summed E-state index contributed by atoms with van der Waals surface area (Å²) in [5.74, 6) is 0. The molecule has 2 nitrogen and oxygen atoms in total. The lowest BCUT2D eigenvalue weighted by atomic mass is 10.2. The topological polar surface area (TPSA) is 24.9 Å². The summed E-state index contributed by atoms with van der Waals surface area (Å²) in [6.45, 7) is 0.764. The highest BCUT2D eigenvalue weighted by molar-refractivity contribution is 7.21. The summed E-state index contributed by atoms with van der Waals surface area (Å²) < 4.78 is 1.21. The lowest BCUT2D eigenvalue weighted by molar-refractivity contribution is 1.15. The molecular weight excluding hydrogens is 336 g/mol. The van der Waals surface area contributed by atoms with E-state index in [-0.39, 0.29) is 0 Å². The van der Waals surface area contributed by atoms with E-state index in [1.165, 1.54) is 10.3 Å². The number of hydrogen-bond donors (Lipinski definition) is 1. The summed E-state index contributed by atoms with van der Waals surface area (Å²) in [6.07, 6.45) is 0. The molecule has 0 fully saturated rings. The molecule has 4 aromatic rings. The predicted molar refractivity (Wildman–Crippen MR) is 104 cm³/mol. The molecule has 0 saturated carbocycles. The Morgan fingerprint density at radius 1 is 0.917 bits per heavy atom. The van der Waals surface area contributed by atoms with Crippen LogP contribution in [0.3, 0.4) is 0 Å². The van der Waals surface area contributed by atoms with Gasteiger partial charge < -0.3 is 5.32 Å². The van der Waals surface area contributed by atoms with Gasteiger partial charge in [-0.15, -0.1) is 11.3 Å². The Morgan fingerprint density at radius 3 is 2.58 bits per heavy atom. The van der Waals surface area contributed by atoms with Crippen molar-refractivity contribution in [3.63, 3.8) is 0 Å². The first kappa shape index (κ1) is 15.2. The van der Waals surface area contributed by atoms with E-state index in [4.69, 9.17) is 16.6 Å². The van der Waals surface area contributed by atoms with E-state index in [0.717, 1.165) is 33.3 Å². The predicted octanol–water partition coefficient (Wildman–Crippen LogP) is 6.23. The normalized spacial score (nSPS) is 10.9. The molecule has 0 saturated heterocycles. The molecule has 4 rings (SSSR count). The minimum Gasteiger partial charge on any atom is -0.381 e. The van der Waals surface area contributed by atoms with Crippen LogP contribution in [0, 0.1) is 0 Å². The van der Waals surface area contributed by atoms with Crippen LogP contribution >= 0.6 is 22.9 Å². The second-order valence-corrected chi connectivity index (χ2v) is 7.01. The van der Waals surface area contributed by atoms with Crippen LogP contribution in [0.4, 0.5) is 5.69 Å². The monoisotopic (exact) mass is 350 g/mol. The van der Waals surface area contributed by atoms with Crippen molar-refractivity contribution in [2.75, 3.05) is 5.32 Å².